The summed E-state index contributed by atoms with van der Waals surface area (Å²) in [5, 5.41) is 0.819. The van der Waals surface area contributed by atoms with E-state index in [1.165, 1.54) is 0 Å². The first kappa shape index (κ1) is 13.5. The van der Waals surface area contributed by atoms with Gasteiger partial charge in [0.1, 0.15) is 0 Å². The highest BCUT2D eigenvalue weighted by Crippen LogP contribution is 2.57. The van der Waals surface area contributed by atoms with E-state index in [9.17, 15) is 13.6 Å². The Bertz CT molecular complexity index is 435. The number of fused-ring (bicyclic) bond motifs is 2. The van der Waals surface area contributed by atoms with Crippen molar-refractivity contribution in [1.29, 1.82) is 0 Å². The Hall–Kier alpha value is -0.450. The van der Waals surface area contributed by atoms with Crippen LogP contribution in [0.2, 0.25) is 0 Å². The lowest BCUT2D eigenvalue weighted by Crippen LogP contribution is -2.28. The highest BCUT2D eigenvalue weighted by Gasteiger charge is 2.56. The Labute approximate surface area is 116 Å². The number of thioether (sulfide) groups is 1. The summed E-state index contributed by atoms with van der Waals surface area (Å²) in [5.41, 5.74) is 0. The molecule has 0 aromatic heterocycles. The van der Waals surface area contributed by atoms with Gasteiger partial charge in [-0.15, -0.1) is 0 Å². The second-order valence-corrected chi connectivity index (χ2v) is 7.70. The molecule has 0 radical (unpaired) electrons. The maximum atomic E-state index is 13.5. The Balaban J connectivity index is 1.60. The molecular weight excluding hydrogens is 268 g/mol. The van der Waals surface area contributed by atoms with Gasteiger partial charge in [-0.2, -0.15) is 0 Å². The summed E-state index contributed by atoms with van der Waals surface area (Å²) in [6.07, 6.45) is 2.05. The molecule has 19 heavy (non-hydrogen) atoms. The van der Waals surface area contributed by atoms with Gasteiger partial charge in [0.2, 0.25) is 0 Å². The minimum absolute atomic E-state index is 0.0384. The van der Waals surface area contributed by atoms with E-state index >= 15 is 0 Å². The van der Waals surface area contributed by atoms with E-state index in [2.05, 4.69) is 4.99 Å². The van der Waals surface area contributed by atoms with E-state index in [1.54, 1.807) is 11.8 Å². The smallest absolute Gasteiger partial charge is 0.260 e. The zero-order valence-electron chi connectivity index (χ0n) is 11.2. The van der Waals surface area contributed by atoms with Crippen LogP contribution in [-0.4, -0.2) is 22.1 Å². The lowest BCUT2D eigenvalue weighted by atomic mass is 9.85. The summed E-state index contributed by atoms with van der Waals surface area (Å²) in [4.78, 5) is 15.9. The summed E-state index contributed by atoms with van der Waals surface area (Å²) >= 11 is 1.55. The molecule has 2 nitrogen and oxygen atoms in total. The standard InChI is InChI=1S/C14H19F2NOS/c1-7(2)12-13(18)17-11(19-12)5-8-3-10-4-9(8)6-14(10,15)16/h7-10,12H,3-6H2,1-2H3/t8-,9-,10+,12?/m1/s1. The average Bonchev–Trinajstić information content (AvgIpc) is 2.91. The van der Waals surface area contributed by atoms with Gasteiger partial charge in [-0.25, -0.2) is 13.8 Å². The van der Waals surface area contributed by atoms with Crippen LogP contribution in [0.3, 0.4) is 0 Å². The van der Waals surface area contributed by atoms with Crippen molar-refractivity contribution in [1.82, 2.24) is 0 Å². The SMILES string of the molecule is CC(C)C1SC(C[C@H]2C[C@H]3C[C@@H]2CC3(F)F)=NC1=O. The van der Waals surface area contributed by atoms with E-state index in [4.69, 9.17) is 0 Å². The summed E-state index contributed by atoms with van der Waals surface area (Å²) < 4.78 is 26.9. The van der Waals surface area contributed by atoms with Gasteiger partial charge in [-0.3, -0.25) is 4.79 Å². The van der Waals surface area contributed by atoms with Crippen LogP contribution in [0.15, 0.2) is 4.99 Å². The summed E-state index contributed by atoms with van der Waals surface area (Å²) in [6, 6.07) is 0. The molecule has 1 heterocycles. The topological polar surface area (TPSA) is 29.4 Å². The molecule has 2 bridgehead atoms. The highest BCUT2D eigenvalue weighted by atomic mass is 32.2. The third-order valence-corrected chi connectivity index (χ3v) is 6.29. The molecule has 0 aromatic carbocycles. The quantitative estimate of drug-likeness (QED) is 0.791. The predicted octanol–water partition coefficient (Wildman–Crippen LogP) is 3.75. The lowest BCUT2D eigenvalue weighted by Gasteiger charge is -2.27. The monoisotopic (exact) mass is 287 g/mol. The number of rotatable bonds is 3. The van der Waals surface area contributed by atoms with Gasteiger partial charge in [-0.1, -0.05) is 25.6 Å². The van der Waals surface area contributed by atoms with E-state index in [1.807, 2.05) is 13.8 Å². The fraction of sp³-hybridized carbons (Fsp3) is 0.857. The molecule has 106 valence electrons. The fourth-order valence-corrected chi connectivity index (χ4v) is 4.89. The number of hydrogen-bond donors (Lipinski definition) is 0. The van der Waals surface area contributed by atoms with Gasteiger partial charge in [0.25, 0.3) is 11.8 Å². The van der Waals surface area contributed by atoms with E-state index in [0.717, 1.165) is 11.5 Å². The molecule has 0 spiro atoms. The first-order chi connectivity index (χ1) is 8.87. The second kappa shape index (κ2) is 4.54. The van der Waals surface area contributed by atoms with E-state index in [0.29, 0.717) is 18.8 Å². The molecule has 0 saturated heterocycles. The molecular formula is C14H19F2NOS. The maximum Gasteiger partial charge on any atom is 0.260 e. The molecule has 3 rings (SSSR count). The third kappa shape index (κ3) is 2.34. The van der Waals surface area contributed by atoms with Crippen molar-refractivity contribution in [3.8, 4) is 0 Å². The summed E-state index contributed by atoms with van der Waals surface area (Å²) in [7, 11) is 0. The number of aliphatic imine (C=N–C) groups is 1. The molecule has 0 N–H and O–H groups in total. The normalized spacial score (nSPS) is 40.3. The largest absolute Gasteiger partial charge is 0.271 e. The molecule has 2 saturated carbocycles. The third-order valence-electron chi connectivity index (χ3n) is 4.76. The number of nitrogens with zero attached hydrogens (tertiary/aromatic N) is 1. The number of alkyl halides is 2. The van der Waals surface area contributed by atoms with Crippen LogP contribution in [0, 0.1) is 23.7 Å². The minimum Gasteiger partial charge on any atom is -0.271 e. The Kier molecular flexibility index (Phi) is 3.23. The van der Waals surface area contributed by atoms with Crippen LogP contribution in [0.1, 0.15) is 39.5 Å². The Morgan fingerprint density at radius 2 is 2.16 bits per heavy atom. The van der Waals surface area contributed by atoms with Crippen LogP contribution in [0.5, 0.6) is 0 Å². The zero-order chi connectivity index (χ0) is 13.8. The predicted molar refractivity (Wildman–Crippen MR) is 72.5 cm³/mol. The van der Waals surface area contributed by atoms with Crippen molar-refractivity contribution in [3.63, 3.8) is 0 Å². The van der Waals surface area contributed by atoms with Crippen molar-refractivity contribution in [2.75, 3.05) is 0 Å². The molecule has 5 heteroatoms. The molecule has 1 unspecified atom stereocenters. The maximum absolute atomic E-state index is 13.5. The summed E-state index contributed by atoms with van der Waals surface area (Å²) in [5.74, 6) is -2.17. The molecule has 1 amide bonds. The Morgan fingerprint density at radius 1 is 1.42 bits per heavy atom. The molecule has 0 aromatic rings. The average molecular weight is 287 g/mol. The van der Waals surface area contributed by atoms with Crippen molar-refractivity contribution in [3.05, 3.63) is 0 Å². The number of hydrogen-bond acceptors (Lipinski definition) is 2. The van der Waals surface area contributed by atoms with Crippen molar-refractivity contribution in [2.45, 2.75) is 50.7 Å². The van der Waals surface area contributed by atoms with Crippen LogP contribution in [0.25, 0.3) is 0 Å². The van der Waals surface area contributed by atoms with Gasteiger partial charge in [0, 0.05) is 12.3 Å². The van der Waals surface area contributed by atoms with Crippen LogP contribution < -0.4 is 0 Å². The van der Waals surface area contributed by atoms with Gasteiger partial charge >= 0.3 is 0 Å². The van der Waals surface area contributed by atoms with Gasteiger partial charge in [0.15, 0.2) is 0 Å². The van der Waals surface area contributed by atoms with E-state index in [-0.39, 0.29) is 29.4 Å². The summed E-state index contributed by atoms with van der Waals surface area (Å²) in [6.45, 7) is 4.04. The number of carbonyl (C=O) groups is 1. The lowest BCUT2D eigenvalue weighted by molar-refractivity contribution is -0.117. The van der Waals surface area contributed by atoms with Crippen LogP contribution >= 0.6 is 11.8 Å². The first-order valence-corrected chi connectivity index (χ1v) is 7.90. The molecule has 4 atom stereocenters. The molecule has 3 aliphatic rings. The van der Waals surface area contributed by atoms with Crippen molar-refractivity contribution < 1.29 is 13.6 Å². The van der Waals surface area contributed by atoms with Gasteiger partial charge in [-0.05, 0) is 37.0 Å². The second-order valence-electron chi connectivity index (χ2n) is 6.48. The highest BCUT2D eigenvalue weighted by molar-refractivity contribution is 8.15. The fourth-order valence-electron chi connectivity index (χ4n) is 3.72. The van der Waals surface area contributed by atoms with Crippen LogP contribution in [-0.2, 0) is 4.79 Å². The van der Waals surface area contributed by atoms with Gasteiger partial charge in [0.05, 0.1) is 10.3 Å². The van der Waals surface area contributed by atoms with Crippen LogP contribution in [0.4, 0.5) is 8.78 Å². The van der Waals surface area contributed by atoms with E-state index < -0.39 is 11.8 Å². The van der Waals surface area contributed by atoms with Crippen molar-refractivity contribution in [2.24, 2.45) is 28.7 Å². The number of halogens is 2. The Morgan fingerprint density at radius 3 is 2.63 bits per heavy atom. The molecule has 2 aliphatic carbocycles. The molecule has 1 aliphatic heterocycles. The number of amides is 1. The first-order valence-electron chi connectivity index (χ1n) is 7.02. The minimum atomic E-state index is -2.44. The van der Waals surface area contributed by atoms with Crippen molar-refractivity contribution >= 4 is 22.7 Å². The van der Waals surface area contributed by atoms with Gasteiger partial charge < -0.3 is 0 Å². The zero-order valence-corrected chi connectivity index (χ0v) is 12.1. The number of carbonyl (C=O) groups excluding carboxylic acids is 1. The molecule has 2 fully saturated rings.